The molecule has 6 nitrogen and oxygen atoms in total. The van der Waals surface area contributed by atoms with Crippen molar-refractivity contribution >= 4 is 5.97 Å². The Balaban J connectivity index is 2.40. The predicted molar refractivity (Wildman–Crippen MR) is 78.7 cm³/mol. The lowest BCUT2D eigenvalue weighted by molar-refractivity contribution is -0.152. The average molecular weight is 294 g/mol. The number of carboxylic acids is 1. The van der Waals surface area contributed by atoms with Crippen molar-refractivity contribution in [3.8, 4) is 11.5 Å². The van der Waals surface area contributed by atoms with E-state index >= 15 is 0 Å². The number of methoxy groups -OCH3 is 1. The van der Waals surface area contributed by atoms with Crippen LogP contribution in [0.5, 0.6) is 11.5 Å². The largest absolute Gasteiger partial charge is 0.504 e. The van der Waals surface area contributed by atoms with E-state index in [0.717, 1.165) is 13.1 Å². The highest BCUT2D eigenvalue weighted by Gasteiger charge is 2.42. The molecule has 0 spiro atoms. The van der Waals surface area contributed by atoms with Crippen molar-refractivity contribution in [3.63, 3.8) is 0 Å². The van der Waals surface area contributed by atoms with Gasteiger partial charge in [-0.1, -0.05) is 6.07 Å². The maximum atomic E-state index is 11.9. The normalized spacial score (nSPS) is 20.0. The molecule has 1 aromatic rings. The van der Waals surface area contributed by atoms with Crippen molar-refractivity contribution in [1.29, 1.82) is 0 Å². The van der Waals surface area contributed by atoms with Gasteiger partial charge in [0, 0.05) is 26.2 Å². The number of piperazine rings is 1. The third kappa shape index (κ3) is 2.82. The fraction of sp³-hybridized carbons (Fsp3) is 0.533. The van der Waals surface area contributed by atoms with Gasteiger partial charge >= 0.3 is 5.97 Å². The average Bonchev–Trinajstić information content (AvgIpc) is 2.47. The molecule has 1 aliphatic rings. The van der Waals surface area contributed by atoms with Crippen molar-refractivity contribution in [2.45, 2.75) is 12.5 Å². The maximum absolute atomic E-state index is 11.9. The zero-order chi connectivity index (χ0) is 15.6. The van der Waals surface area contributed by atoms with E-state index in [1.165, 1.54) is 13.2 Å². The fourth-order valence-electron chi connectivity index (χ4n) is 2.68. The molecule has 0 radical (unpaired) electrons. The lowest BCUT2D eigenvalue weighted by atomic mass is 9.89. The van der Waals surface area contributed by atoms with Crippen LogP contribution in [0.4, 0.5) is 0 Å². The number of aromatic hydroxyl groups is 1. The number of likely N-dealkylation sites (N-methyl/N-ethyl adjacent to an activating group) is 1. The van der Waals surface area contributed by atoms with Gasteiger partial charge in [0.15, 0.2) is 11.5 Å². The first-order valence-electron chi connectivity index (χ1n) is 6.94. The number of carbonyl (C=O) groups is 1. The SMILES string of the molecule is COc1cc(C(C)(C(=O)O)N2CCN(C)CC2)ccc1O. The Bertz CT molecular complexity index is 526. The van der Waals surface area contributed by atoms with Crippen LogP contribution in [0.2, 0.25) is 0 Å². The van der Waals surface area contributed by atoms with Crippen LogP contribution >= 0.6 is 0 Å². The number of phenols is 1. The molecule has 0 aliphatic carbocycles. The van der Waals surface area contributed by atoms with Gasteiger partial charge < -0.3 is 19.8 Å². The van der Waals surface area contributed by atoms with Crippen LogP contribution in [0, 0.1) is 0 Å². The molecule has 116 valence electrons. The minimum atomic E-state index is -1.14. The fourth-order valence-corrected chi connectivity index (χ4v) is 2.68. The lowest BCUT2D eigenvalue weighted by Gasteiger charge is -2.42. The first kappa shape index (κ1) is 15.6. The second kappa shape index (κ2) is 5.91. The molecule has 6 heteroatoms. The van der Waals surface area contributed by atoms with Crippen LogP contribution < -0.4 is 4.74 Å². The van der Waals surface area contributed by atoms with Gasteiger partial charge in [-0.2, -0.15) is 0 Å². The molecule has 0 aromatic heterocycles. The Hall–Kier alpha value is -1.79. The van der Waals surface area contributed by atoms with Gasteiger partial charge in [-0.15, -0.1) is 0 Å². The molecule has 0 amide bonds. The van der Waals surface area contributed by atoms with E-state index in [4.69, 9.17) is 4.74 Å². The van der Waals surface area contributed by atoms with Gasteiger partial charge in [0.25, 0.3) is 0 Å². The number of aliphatic carboxylic acids is 1. The summed E-state index contributed by atoms with van der Waals surface area (Å²) >= 11 is 0. The Morgan fingerprint density at radius 3 is 2.43 bits per heavy atom. The summed E-state index contributed by atoms with van der Waals surface area (Å²) < 4.78 is 5.10. The summed E-state index contributed by atoms with van der Waals surface area (Å²) in [7, 11) is 3.48. The van der Waals surface area contributed by atoms with Crippen molar-refractivity contribution in [3.05, 3.63) is 23.8 Å². The van der Waals surface area contributed by atoms with E-state index in [-0.39, 0.29) is 11.5 Å². The molecule has 1 unspecified atom stereocenters. The number of benzene rings is 1. The number of nitrogens with zero attached hydrogens (tertiary/aromatic N) is 2. The Kier molecular flexibility index (Phi) is 4.39. The van der Waals surface area contributed by atoms with Crippen molar-refractivity contribution in [2.24, 2.45) is 0 Å². The van der Waals surface area contributed by atoms with E-state index in [0.29, 0.717) is 18.7 Å². The van der Waals surface area contributed by atoms with Crippen molar-refractivity contribution in [1.82, 2.24) is 9.80 Å². The summed E-state index contributed by atoms with van der Waals surface area (Å²) in [5, 5.41) is 19.5. The third-order valence-corrected chi connectivity index (χ3v) is 4.29. The van der Waals surface area contributed by atoms with Crippen LogP contribution in [-0.2, 0) is 10.3 Å². The molecule has 0 saturated carbocycles. The second-order valence-corrected chi connectivity index (χ2v) is 5.55. The zero-order valence-corrected chi connectivity index (χ0v) is 12.7. The number of ether oxygens (including phenoxy) is 1. The van der Waals surface area contributed by atoms with E-state index in [1.807, 2.05) is 11.9 Å². The molecule has 1 aromatic carbocycles. The summed E-state index contributed by atoms with van der Waals surface area (Å²) in [4.78, 5) is 16.1. The molecule has 2 N–H and O–H groups in total. The van der Waals surface area contributed by atoms with Crippen LogP contribution in [0.25, 0.3) is 0 Å². The Labute approximate surface area is 124 Å². The van der Waals surface area contributed by atoms with E-state index in [9.17, 15) is 15.0 Å². The highest BCUT2D eigenvalue weighted by atomic mass is 16.5. The van der Waals surface area contributed by atoms with Gasteiger partial charge in [-0.05, 0) is 31.7 Å². The molecule has 1 aliphatic heterocycles. The summed E-state index contributed by atoms with van der Waals surface area (Å²) in [6.45, 7) is 4.73. The van der Waals surface area contributed by atoms with Crippen LogP contribution in [0.3, 0.4) is 0 Å². The predicted octanol–water partition coefficient (Wildman–Crippen LogP) is 0.948. The van der Waals surface area contributed by atoms with Crippen molar-refractivity contribution < 1.29 is 19.7 Å². The lowest BCUT2D eigenvalue weighted by Crippen LogP contribution is -2.56. The highest BCUT2D eigenvalue weighted by Crippen LogP contribution is 2.35. The van der Waals surface area contributed by atoms with E-state index < -0.39 is 11.5 Å². The number of hydrogen-bond donors (Lipinski definition) is 2. The van der Waals surface area contributed by atoms with Gasteiger partial charge in [-0.25, -0.2) is 4.79 Å². The molecule has 1 atom stereocenters. The van der Waals surface area contributed by atoms with Gasteiger partial charge in [0.05, 0.1) is 7.11 Å². The van der Waals surface area contributed by atoms with Crippen LogP contribution in [-0.4, -0.2) is 66.3 Å². The highest BCUT2D eigenvalue weighted by molar-refractivity contribution is 5.80. The summed E-state index contributed by atoms with van der Waals surface area (Å²) in [6.07, 6.45) is 0. The van der Waals surface area contributed by atoms with Crippen LogP contribution in [0.15, 0.2) is 18.2 Å². The van der Waals surface area contributed by atoms with Gasteiger partial charge in [0.1, 0.15) is 5.54 Å². The van der Waals surface area contributed by atoms with Gasteiger partial charge in [0.2, 0.25) is 0 Å². The quantitative estimate of drug-likeness (QED) is 0.861. The third-order valence-electron chi connectivity index (χ3n) is 4.29. The van der Waals surface area contributed by atoms with Crippen LogP contribution in [0.1, 0.15) is 12.5 Å². The zero-order valence-electron chi connectivity index (χ0n) is 12.7. The topological polar surface area (TPSA) is 73.2 Å². The minimum absolute atomic E-state index is 0.00682. The maximum Gasteiger partial charge on any atom is 0.328 e. The standard InChI is InChI=1S/C15H22N2O4/c1-15(14(19)20,17-8-6-16(2)7-9-17)11-4-5-12(18)13(10-11)21-3/h4-5,10,18H,6-9H2,1-3H3,(H,19,20). The first-order chi connectivity index (χ1) is 9.89. The number of rotatable bonds is 4. The molecule has 1 saturated heterocycles. The summed E-state index contributed by atoms with van der Waals surface area (Å²) in [5.41, 5.74) is -0.531. The van der Waals surface area contributed by atoms with Gasteiger partial charge in [-0.3, -0.25) is 4.90 Å². The molecule has 0 bridgehead atoms. The monoisotopic (exact) mass is 294 g/mol. The summed E-state index contributed by atoms with van der Waals surface area (Å²) in [6, 6.07) is 4.72. The molecular weight excluding hydrogens is 272 g/mol. The number of carboxylic acid groups (broad SMARTS) is 1. The number of hydrogen-bond acceptors (Lipinski definition) is 5. The Morgan fingerprint density at radius 2 is 1.90 bits per heavy atom. The van der Waals surface area contributed by atoms with E-state index in [1.54, 1.807) is 19.1 Å². The molecule has 1 fully saturated rings. The molecule has 21 heavy (non-hydrogen) atoms. The number of phenolic OH excluding ortho intramolecular Hbond substituents is 1. The molecule has 1 heterocycles. The summed E-state index contributed by atoms with van der Waals surface area (Å²) in [5.74, 6) is -0.610. The molecular formula is C15H22N2O4. The minimum Gasteiger partial charge on any atom is -0.504 e. The smallest absolute Gasteiger partial charge is 0.328 e. The Morgan fingerprint density at radius 1 is 1.29 bits per heavy atom. The van der Waals surface area contributed by atoms with Crippen molar-refractivity contribution in [2.75, 3.05) is 40.3 Å². The second-order valence-electron chi connectivity index (χ2n) is 5.55. The molecule has 2 rings (SSSR count). The van der Waals surface area contributed by atoms with E-state index in [2.05, 4.69) is 4.90 Å². The first-order valence-corrected chi connectivity index (χ1v) is 6.94.